The van der Waals surface area contributed by atoms with Crippen LogP contribution in [-0.4, -0.2) is 23.2 Å². The lowest BCUT2D eigenvalue weighted by Crippen LogP contribution is -2.16. The molecule has 0 aliphatic carbocycles. The van der Waals surface area contributed by atoms with Gasteiger partial charge in [-0.1, -0.05) is 12.1 Å². The first kappa shape index (κ1) is 10.7. The van der Waals surface area contributed by atoms with E-state index in [0.717, 1.165) is 48.5 Å². The van der Waals surface area contributed by atoms with Crippen molar-refractivity contribution >= 4 is 11.0 Å². The molecule has 0 saturated carbocycles. The molecule has 2 heterocycles. The highest BCUT2D eigenvalue weighted by Gasteiger charge is 2.19. The first-order chi connectivity index (χ1) is 8.38. The number of fused-ring (bicyclic) bond motifs is 1. The Bertz CT molecular complexity index is 514. The smallest absolute Gasteiger partial charge is 0.112 e. The van der Waals surface area contributed by atoms with Crippen LogP contribution in [0.1, 0.15) is 30.1 Å². The van der Waals surface area contributed by atoms with Gasteiger partial charge in [-0.3, -0.25) is 0 Å². The topological polar surface area (TPSA) is 63.9 Å². The Labute approximate surface area is 100 Å². The van der Waals surface area contributed by atoms with Crippen LogP contribution >= 0.6 is 0 Å². The Hall–Kier alpha value is -1.39. The number of para-hydroxylation sites is 1. The van der Waals surface area contributed by atoms with Crippen molar-refractivity contribution in [1.29, 1.82) is 0 Å². The van der Waals surface area contributed by atoms with Crippen molar-refractivity contribution in [2.24, 2.45) is 5.73 Å². The fraction of sp³-hybridized carbons (Fsp3) is 0.462. The third-order valence-corrected chi connectivity index (χ3v) is 3.38. The number of aromatic amines is 1. The van der Waals surface area contributed by atoms with Gasteiger partial charge in [0.25, 0.3) is 0 Å². The molecule has 4 heteroatoms. The van der Waals surface area contributed by atoms with Crippen LogP contribution in [0, 0.1) is 0 Å². The number of imidazole rings is 1. The van der Waals surface area contributed by atoms with Crippen LogP contribution in [0.15, 0.2) is 18.2 Å². The monoisotopic (exact) mass is 231 g/mol. The van der Waals surface area contributed by atoms with E-state index in [1.165, 1.54) is 0 Å². The van der Waals surface area contributed by atoms with E-state index >= 15 is 0 Å². The number of nitrogens with one attached hydrogen (secondary N) is 1. The summed E-state index contributed by atoms with van der Waals surface area (Å²) in [6, 6.07) is 6.10. The van der Waals surface area contributed by atoms with Crippen molar-refractivity contribution in [3.05, 3.63) is 29.6 Å². The molecule has 0 radical (unpaired) electrons. The van der Waals surface area contributed by atoms with Crippen LogP contribution in [0.5, 0.6) is 0 Å². The summed E-state index contributed by atoms with van der Waals surface area (Å²) in [5.41, 5.74) is 8.91. The van der Waals surface area contributed by atoms with Crippen molar-refractivity contribution in [2.75, 3.05) is 13.2 Å². The minimum absolute atomic E-state index is 0.404. The average Bonchev–Trinajstić information content (AvgIpc) is 2.83. The molecule has 90 valence electrons. The molecule has 0 spiro atoms. The van der Waals surface area contributed by atoms with Gasteiger partial charge < -0.3 is 15.5 Å². The van der Waals surface area contributed by atoms with Crippen molar-refractivity contribution in [3.63, 3.8) is 0 Å². The molecule has 17 heavy (non-hydrogen) atoms. The molecule has 1 saturated heterocycles. The minimum Gasteiger partial charge on any atom is -0.381 e. The molecule has 1 aromatic heterocycles. The molecule has 1 fully saturated rings. The molecule has 1 aliphatic heterocycles. The maximum absolute atomic E-state index is 5.73. The SMILES string of the molecule is NCc1cccc2[nH]c(C3CCCOC3)nc12. The number of nitrogens with zero attached hydrogens (tertiary/aromatic N) is 1. The van der Waals surface area contributed by atoms with Gasteiger partial charge in [0.05, 0.1) is 17.6 Å². The van der Waals surface area contributed by atoms with Gasteiger partial charge in [0, 0.05) is 19.1 Å². The lowest BCUT2D eigenvalue weighted by molar-refractivity contribution is 0.0784. The van der Waals surface area contributed by atoms with Gasteiger partial charge in [-0.25, -0.2) is 4.98 Å². The molecule has 0 amide bonds. The number of hydrogen-bond acceptors (Lipinski definition) is 3. The zero-order valence-electron chi connectivity index (χ0n) is 9.78. The van der Waals surface area contributed by atoms with Crippen LogP contribution in [0.25, 0.3) is 11.0 Å². The molecule has 4 nitrogen and oxygen atoms in total. The van der Waals surface area contributed by atoms with Gasteiger partial charge in [-0.15, -0.1) is 0 Å². The molecule has 1 atom stereocenters. The molecule has 0 bridgehead atoms. The summed E-state index contributed by atoms with van der Waals surface area (Å²) >= 11 is 0. The van der Waals surface area contributed by atoms with Crippen molar-refractivity contribution < 1.29 is 4.74 Å². The van der Waals surface area contributed by atoms with E-state index < -0.39 is 0 Å². The third-order valence-electron chi connectivity index (χ3n) is 3.38. The van der Waals surface area contributed by atoms with E-state index in [0.29, 0.717) is 12.5 Å². The second kappa shape index (κ2) is 4.47. The first-order valence-corrected chi connectivity index (χ1v) is 6.14. The normalized spacial score (nSPS) is 20.9. The van der Waals surface area contributed by atoms with Gasteiger partial charge >= 0.3 is 0 Å². The van der Waals surface area contributed by atoms with E-state index in [1.807, 2.05) is 12.1 Å². The Balaban J connectivity index is 2.00. The Morgan fingerprint density at radius 1 is 1.47 bits per heavy atom. The Kier molecular flexibility index (Phi) is 2.82. The van der Waals surface area contributed by atoms with Crippen LogP contribution in [0.3, 0.4) is 0 Å². The molecular weight excluding hydrogens is 214 g/mol. The number of H-pyrrole nitrogens is 1. The van der Waals surface area contributed by atoms with Crippen LogP contribution < -0.4 is 5.73 Å². The van der Waals surface area contributed by atoms with Crippen molar-refractivity contribution in [3.8, 4) is 0 Å². The van der Waals surface area contributed by atoms with Crippen LogP contribution in [-0.2, 0) is 11.3 Å². The lowest BCUT2D eigenvalue weighted by Gasteiger charge is -2.19. The van der Waals surface area contributed by atoms with Gasteiger partial charge in [0.2, 0.25) is 0 Å². The summed E-state index contributed by atoms with van der Waals surface area (Å²) in [6.45, 7) is 2.19. The zero-order valence-corrected chi connectivity index (χ0v) is 9.78. The summed E-state index contributed by atoms with van der Waals surface area (Å²) in [5.74, 6) is 1.45. The number of rotatable bonds is 2. The third kappa shape index (κ3) is 1.94. The highest BCUT2D eigenvalue weighted by atomic mass is 16.5. The van der Waals surface area contributed by atoms with Gasteiger partial charge in [-0.2, -0.15) is 0 Å². The summed E-state index contributed by atoms with van der Waals surface area (Å²) in [6.07, 6.45) is 2.27. The highest BCUT2D eigenvalue weighted by molar-refractivity contribution is 5.78. The molecular formula is C13H17N3O. The summed E-state index contributed by atoms with van der Waals surface area (Å²) < 4.78 is 5.50. The van der Waals surface area contributed by atoms with E-state index in [-0.39, 0.29) is 0 Å². The summed E-state index contributed by atoms with van der Waals surface area (Å²) in [7, 11) is 0. The maximum Gasteiger partial charge on any atom is 0.112 e. The van der Waals surface area contributed by atoms with E-state index in [1.54, 1.807) is 0 Å². The van der Waals surface area contributed by atoms with Gasteiger partial charge in [0.1, 0.15) is 5.82 Å². The molecule has 1 unspecified atom stereocenters. The minimum atomic E-state index is 0.404. The first-order valence-electron chi connectivity index (χ1n) is 6.14. The fourth-order valence-electron chi connectivity index (χ4n) is 2.43. The molecule has 2 aromatic rings. The van der Waals surface area contributed by atoms with Crippen LogP contribution in [0.2, 0.25) is 0 Å². The predicted octanol–water partition coefficient (Wildman–Crippen LogP) is 1.92. The lowest BCUT2D eigenvalue weighted by atomic mass is 10.0. The average molecular weight is 231 g/mol. The molecule has 1 aliphatic rings. The number of benzene rings is 1. The maximum atomic E-state index is 5.73. The van der Waals surface area contributed by atoms with Crippen LogP contribution in [0.4, 0.5) is 0 Å². The van der Waals surface area contributed by atoms with E-state index in [4.69, 9.17) is 15.5 Å². The van der Waals surface area contributed by atoms with Gasteiger partial charge in [-0.05, 0) is 24.5 Å². The number of aromatic nitrogens is 2. The second-order valence-corrected chi connectivity index (χ2v) is 4.55. The number of nitrogens with two attached hydrogens (primary N) is 1. The molecule has 1 aromatic carbocycles. The van der Waals surface area contributed by atoms with Crippen molar-refractivity contribution in [2.45, 2.75) is 25.3 Å². The number of hydrogen-bond donors (Lipinski definition) is 2. The largest absolute Gasteiger partial charge is 0.381 e. The van der Waals surface area contributed by atoms with Crippen molar-refractivity contribution in [1.82, 2.24) is 9.97 Å². The van der Waals surface area contributed by atoms with Gasteiger partial charge in [0.15, 0.2) is 0 Å². The standard InChI is InChI=1S/C13H17N3O/c14-7-9-3-1-5-11-12(9)16-13(15-11)10-4-2-6-17-8-10/h1,3,5,10H,2,4,6-8,14H2,(H,15,16). The Morgan fingerprint density at radius 2 is 2.41 bits per heavy atom. The molecule has 3 rings (SSSR count). The summed E-state index contributed by atoms with van der Waals surface area (Å²) in [4.78, 5) is 8.08. The number of ether oxygens (including phenoxy) is 1. The van der Waals surface area contributed by atoms with E-state index in [2.05, 4.69) is 11.1 Å². The quantitative estimate of drug-likeness (QED) is 0.830. The zero-order chi connectivity index (χ0) is 11.7. The Morgan fingerprint density at radius 3 is 3.18 bits per heavy atom. The summed E-state index contributed by atoms with van der Waals surface area (Å²) in [5, 5.41) is 0. The fourth-order valence-corrected chi connectivity index (χ4v) is 2.43. The van der Waals surface area contributed by atoms with E-state index in [9.17, 15) is 0 Å². The predicted molar refractivity (Wildman–Crippen MR) is 66.8 cm³/mol. The molecule has 3 N–H and O–H groups in total. The highest BCUT2D eigenvalue weighted by Crippen LogP contribution is 2.26. The second-order valence-electron chi connectivity index (χ2n) is 4.55.